The lowest BCUT2D eigenvalue weighted by atomic mass is 9.91. The molecule has 0 aliphatic heterocycles. The second-order valence-electron chi connectivity index (χ2n) is 6.70. The summed E-state index contributed by atoms with van der Waals surface area (Å²) in [6, 6.07) is 10.2. The van der Waals surface area contributed by atoms with Crippen molar-refractivity contribution in [3.05, 3.63) is 35.9 Å². The van der Waals surface area contributed by atoms with E-state index in [1.54, 1.807) is 0 Å². The molecule has 0 amide bonds. The van der Waals surface area contributed by atoms with E-state index in [1.165, 1.54) is 24.8 Å². The number of unbranched alkanes of at least 4 members (excludes halogenated alkanes) is 3. The van der Waals surface area contributed by atoms with Gasteiger partial charge in [0.1, 0.15) is 6.10 Å². The Kier molecular flexibility index (Phi) is 7.60. The van der Waals surface area contributed by atoms with Gasteiger partial charge in [0.05, 0.1) is 18.6 Å². The summed E-state index contributed by atoms with van der Waals surface area (Å²) in [7, 11) is 0. The molecule has 128 valence electrons. The summed E-state index contributed by atoms with van der Waals surface area (Å²) in [5.74, 6) is -0.0100. The van der Waals surface area contributed by atoms with Gasteiger partial charge < -0.3 is 9.47 Å². The Morgan fingerprint density at radius 2 is 1.87 bits per heavy atom. The van der Waals surface area contributed by atoms with Crippen molar-refractivity contribution < 1.29 is 14.3 Å². The topological polar surface area (TPSA) is 35.5 Å². The van der Waals surface area contributed by atoms with Crippen LogP contribution in [0.3, 0.4) is 0 Å². The highest BCUT2D eigenvalue weighted by Gasteiger charge is 2.33. The van der Waals surface area contributed by atoms with E-state index in [9.17, 15) is 4.79 Å². The summed E-state index contributed by atoms with van der Waals surface area (Å²) in [6.07, 6.45) is 7.72. The Hall–Kier alpha value is -1.35. The van der Waals surface area contributed by atoms with Crippen molar-refractivity contribution in [1.29, 1.82) is 0 Å². The monoisotopic (exact) mass is 318 g/mol. The number of esters is 1. The van der Waals surface area contributed by atoms with Gasteiger partial charge in [-0.15, -0.1) is 0 Å². The Morgan fingerprint density at radius 3 is 2.57 bits per heavy atom. The van der Waals surface area contributed by atoms with Crippen LogP contribution in [0.15, 0.2) is 30.3 Å². The molecule has 1 aliphatic carbocycles. The highest BCUT2D eigenvalue weighted by Crippen LogP contribution is 2.28. The first kappa shape index (κ1) is 18.0. The molecule has 0 N–H and O–H groups in total. The molecule has 0 heterocycles. The first-order valence-electron chi connectivity index (χ1n) is 9.05. The Balaban J connectivity index is 1.55. The van der Waals surface area contributed by atoms with Gasteiger partial charge in [-0.1, -0.05) is 69.9 Å². The molecular formula is C20H30O3. The molecule has 23 heavy (non-hydrogen) atoms. The van der Waals surface area contributed by atoms with Crippen molar-refractivity contribution in [3.63, 3.8) is 0 Å². The number of benzene rings is 1. The largest absolute Gasteiger partial charge is 0.462 e. The maximum Gasteiger partial charge on any atom is 0.308 e. The van der Waals surface area contributed by atoms with Crippen LogP contribution < -0.4 is 0 Å². The molecule has 0 bridgehead atoms. The summed E-state index contributed by atoms with van der Waals surface area (Å²) in [5, 5.41) is 0. The maximum atomic E-state index is 12.0. The van der Waals surface area contributed by atoms with E-state index in [0.29, 0.717) is 6.61 Å². The quantitative estimate of drug-likeness (QED) is 0.455. The van der Waals surface area contributed by atoms with Crippen LogP contribution in [0.5, 0.6) is 0 Å². The zero-order chi connectivity index (χ0) is 16.5. The van der Waals surface area contributed by atoms with Gasteiger partial charge in [-0.05, 0) is 12.0 Å². The summed E-state index contributed by atoms with van der Waals surface area (Å²) in [5.41, 5.74) is 1.19. The van der Waals surface area contributed by atoms with Gasteiger partial charge >= 0.3 is 5.97 Å². The lowest BCUT2D eigenvalue weighted by Crippen LogP contribution is -2.39. The van der Waals surface area contributed by atoms with E-state index in [1.807, 2.05) is 25.1 Å². The van der Waals surface area contributed by atoms with E-state index >= 15 is 0 Å². The van der Waals surface area contributed by atoms with E-state index in [-0.39, 0.29) is 24.1 Å². The van der Waals surface area contributed by atoms with Crippen molar-refractivity contribution >= 4 is 5.97 Å². The lowest BCUT2D eigenvalue weighted by molar-refractivity contribution is -0.167. The fourth-order valence-electron chi connectivity index (χ4n) is 2.81. The van der Waals surface area contributed by atoms with Crippen LogP contribution in [0.25, 0.3) is 0 Å². The maximum absolute atomic E-state index is 12.0. The third kappa shape index (κ3) is 6.34. The van der Waals surface area contributed by atoms with E-state index < -0.39 is 0 Å². The Labute approximate surface area is 140 Å². The lowest BCUT2D eigenvalue weighted by Gasteiger charge is -2.35. The number of hydrogen-bond donors (Lipinski definition) is 0. The molecule has 1 saturated carbocycles. The van der Waals surface area contributed by atoms with Gasteiger partial charge in [0, 0.05) is 12.8 Å². The number of carbonyl (C=O) groups excluding carboxylic acids is 1. The number of carbonyl (C=O) groups is 1. The van der Waals surface area contributed by atoms with Crippen LogP contribution in [0, 0.1) is 5.92 Å². The summed E-state index contributed by atoms with van der Waals surface area (Å²) in [6.45, 7) is 4.82. The molecular weight excluding hydrogens is 288 g/mol. The van der Waals surface area contributed by atoms with Gasteiger partial charge in [0.2, 0.25) is 0 Å². The third-order valence-corrected chi connectivity index (χ3v) is 4.56. The van der Waals surface area contributed by atoms with Gasteiger partial charge in [-0.25, -0.2) is 0 Å². The second kappa shape index (κ2) is 9.71. The molecule has 1 fully saturated rings. The molecule has 2 rings (SSSR count). The molecule has 1 aromatic carbocycles. The fraction of sp³-hybridized carbons (Fsp3) is 0.650. The van der Waals surface area contributed by atoms with Crippen LogP contribution in [0.2, 0.25) is 0 Å². The summed E-state index contributed by atoms with van der Waals surface area (Å²) < 4.78 is 11.4. The average Bonchev–Trinajstić information content (AvgIpc) is 2.54. The van der Waals surface area contributed by atoms with Crippen LogP contribution >= 0.6 is 0 Å². The number of ether oxygens (including phenoxy) is 2. The summed E-state index contributed by atoms with van der Waals surface area (Å²) >= 11 is 0. The minimum atomic E-state index is -0.0343. The fourth-order valence-corrected chi connectivity index (χ4v) is 2.81. The van der Waals surface area contributed by atoms with E-state index in [0.717, 1.165) is 25.7 Å². The Morgan fingerprint density at radius 1 is 1.13 bits per heavy atom. The average molecular weight is 318 g/mol. The van der Waals surface area contributed by atoms with Gasteiger partial charge in [-0.2, -0.15) is 0 Å². The van der Waals surface area contributed by atoms with Crippen molar-refractivity contribution in [1.82, 2.24) is 0 Å². The van der Waals surface area contributed by atoms with Crippen molar-refractivity contribution in [2.75, 3.05) is 0 Å². The SMILES string of the molecule is CCCCCCC(C)C(=O)OC1CC(OCc2ccccc2)C1. The first-order valence-corrected chi connectivity index (χ1v) is 9.05. The van der Waals surface area contributed by atoms with Crippen molar-refractivity contribution in [2.45, 2.75) is 77.6 Å². The molecule has 3 nitrogen and oxygen atoms in total. The summed E-state index contributed by atoms with van der Waals surface area (Å²) in [4.78, 5) is 12.0. The normalized spacial score (nSPS) is 21.5. The standard InChI is InChI=1S/C20H30O3/c1-3-4-5-7-10-16(2)20(21)23-19-13-18(14-19)22-15-17-11-8-6-9-12-17/h6,8-9,11-12,16,18-19H,3-5,7,10,13-15H2,1-2H3. The van der Waals surface area contributed by atoms with Gasteiger partial charge in [-0.3, -0.25) is 4.79 Å². The minimum Gasteiger partial charge on any atom is -0.462 e. The highest BCUT2D eigenvalue weighted by molar-refractivity contribution is 5.72. The van der Waals surface area contributed by atoms with Crippen LogP contribution in [0.4, 0.5) is 0 Å². The number of rotatable bonds is 10. The predicted molar refractivity (Wildman–Crippen MR) is 92.1 cm³/mol. The molecule has 0 radical (unpaired) electrons. The molecule has 0 saturated heterocycles. The molecule has 3 heteroatoms. The smallest absolute Gasteiger partial charge is 0.308 e. The highest BCUT2D eigenvalue weighted by atomic mass is 16.6. The molecule has 0 aromatic heterocycles. The number of hydrogen-bond acceptors (Lipinski definition) is 3. The minimum absolute atomic E-state index is 0.0242. The van der Waals surface area contributed by atoms with Crippen molar-refractivity contribution in [3.8, 4) is 0 Å². The predicted octanol–water partition coefficient (Wildman–Crippen LogP) is 4.88. The van der Waals surface area contributed by atoms with Crippen LogP contribution in [-0.2, 0) is 20.9 Å². The Bertz CT molecular complexity index is 451. The molecule has 0 spiro atoms. The van der Waals surface area contributed by atoms with E-state index in [2.05, 4.69) is 19.1 Å². The zero-order valence-electron chi connectivity index (χ0n) is 14.5. The third-order valence-electron chi connectivity index (χ3n) is 4.56. The molecule has 1 aliphatic rings. The van der Waals surface area contributed by atoms with Crippen molar-refractivity contribution in [2.24, 2.45) is 5.92 Å². The molecule has 1 aromatic rings. The van der Waals surface area contributed by atoms with Gasteiger partial charge in [0.25, 0.3) is 0 Å². The van der Waals surface area contributed by atoms with Crippen LogP contribution in [-0.4, -0.2) is 18.2 Å². The molecule has 1 atom stereocenters. The van der Waals surface area contributed by atoms with Gasteiger partial charge in [0.15, 0.2) is 0 Å². The van der Waals surface area contributed by atoms with Crippen LogP contribution in [0.1, 0.15) is 64.4 Å². The first-order chi connectivity index (χ1) is 11.2. The van der Waals surface area contributed by atoms with E-state index in [4.69, 9.17) is 9.47 Å². The molecule has 1 unspecified atom stereocenters. The second-order valence-corrected chi connectivity index (χ2v) is 6.70. The zero-order valence-corrected chi connectivity index (χ0v) is 14.5.